The van der Waals surface area contributed by atoms with E-state index in [9.17, 15) is 20.1 Å². The van der Waals surface area contributed by atoms with Crippen LogP contribution >= 0.6 is 0 Å². The van der Waals surface area contributed by atoms with E-state index in [4.69, 9.17) is 18.9 Å². The van der Waals surface area contributed by atoms with Crippen molar-refractivity contribution in [1.82, 2.24) is 4.90 Å². The van der Waals surface area contributed by atoms with Crippen molar-refractivity contribution in [3.05, 3.63) is 18.1 Å². The van der Waals surface area contributed by atoms with Gasteiger partial charge in [-0.15, -0.1) is 0 Å². The first-order valence-electron chi connectivity index (χ1n) is 18.5. The number of aliphatic hydroxyl groups excluding tert-OH is 2. The summed E-state index contributed by atoms with van der Waals surface area (Å²) in [5.74, 6) is 2.30. The lowest BCUT2D eigenvalue weighted by atomic mass is 9.41. The van der Waals surface area contributed by atoms with Gasteiger partial charge in [-0.2, -0.15) is 0 Å². The van der Waals surface area contributed by atoms with E-state index in [0.717, 1.165) is 57.6 Å². The molecule has 3 N–H and O–H groups in total. The molecule has 263 valence electrons. The number of cyclic esters (lactones) is 1. The summed E-state index contributed by atoms with van der Waals surface area (Å²) in [5.41, 5.74) is -1.49. The smallest absolute Gasteiger partial charge is 0.323 e. The number of fused-ring (bicyclic) bond motifs is 4. The van der Waals surface area contributed by atoms with Gasteiger partial charge in [-0.25, -0.2) is 0 Å². The fraction of sp³-hybridized carbons (Fsp3) is 0.895. The van der Waals surface area contributed by atoms with Crippen LogP contribution in [0.1, 0.15) is 106 Å². The highest BCUT2D eigenvalue weighted by Gasteiger charge is 2.85. The van der Waals surface area contributed by atoms with E-state index >= 15 is 0 Å². The first kappa shape index (κ1) is 33.3. The summed E-state index contributed by atoms with van der Waals surface area (Å²) >= 11 is 0. The van der Waals surface area contributed by atoms with Gasteiger partial charge in [-0.1, -0.05) is 34.6 Å². The summed E-state index contributed by atoms with van der Waals surface area (Å²) in [4.78, 5) is 14.5. The molecule has 0 bridgehead atoms. The van der Waals surface area contributed by atoms with Crippen LogP contribution in [0, 0.1) is 63.0 Å². The fourth-order valence-corrected chi connectivity index (χ4v) is 13.2. The number of esters is 1. The summed E-state index contributed by atoms with van der Waals surface area (Å²) in [5, 5.41) is 33.9. The molecule has 9 nitrogen and oxygen atoms in total. The second-order valence-electron chi connectivity index (χ2n) is 18.4. The molecular weight excluding hydrogens is 598 g/mol. The van der Waals surface area contributed by atoms with E-state index in [2.05, 4.69) is 39.5 Å². The van der Waals surface area contributed by atoms with Crippen molar-refractivity contribution >= 4 is 5.97 Å². The largest absolute Gasteiger partial charge is 0.464 e. The molecule has 3 aliphatic heterocycles. The van der Waals surface area contributed by atoms with Crippen LogP contribution in [0.15, 0.2) is 0 Å². The van der Waals surface area contributed by atoms with E-state index in [1.54, 1.807) is 19.8 Å². The lowest BCUT2D eigenvalue weighted by Crippen LogP contribution is -2.59. The number of morpholine rings is 1. The maximum absolute atomic E-state index is 12.4. The number of nitrogens with zero attached hydrogens (tertiary/aromatic N) is 1. The Hall–Kier alpha value is -0.810. The van der Waals surface area contributed by atoms with Crippen LogP contribution in [0.4, 0.5) is 0 Å². The third-order valence-corrected chi connectivity index (χ3v) is 15.7. The summed E-state index contributed by atoms with van der Waals surface area (Å²) in [7, 11) is 0. The molecule has 0 aromatic rings. The normalized spacial score (nSPS) is 50.9. The maximum Gasteiger partial charge on any atom is 0.323 e. The predicted molar refractivity (Wildman–Crippen MR) is 173 cm³/mol. The Labute approximate surface area is 281 Å². The van der Waals surface area contributed by atoms with Gasteiger partial charge >= 0.3 is 5.97 Å². The van der Waals surface area contributed by atoms with Crippen LogP contribution in [-0.4, -0.2) is 88.7 Å². The zero-order valence-corrected chi connectivity index (χ0v) is 29.6. The highest BCUT2D eigenvalue weighted by molar-refractivity contribution is 5.77. The minimum absolute atomic E-state index is 0.0292. The van der Waals surface area contributed by atoms with E-state index in [-0.39, 0.29) is 57.9 Å². The molecule has 8 aliphatic rings. The Morgan fingerprint density at radius 2 is 1.83 bits per heavy atom. The summed E-state index contributed by atoms with van der Waals surface area (Å²) in [6.45, 7) is 17.4. The zero-order valence-electron chi connectivity index (χ0n) is 29.6. The number of aliphatic hydroxyl groups is 3. The van der Waals surface area contributed by atoms with Crippen LogP contribution in [-0.2, 0) is 23.7 Å². The molecule has 2 spiro atoms. The number of ether oxygens (including phenoxy) is 4. The van der Waals surface area contributed by atoms with E-state index < -0.39 is 23.2 Å². The molecule has 0 aromatic heterocycles. The molecule has 47 heavy (non-hydrogen) atoms. The van der Waals surface area contributed by atoms with Crippen LogP contribution in [0.25, 0.3) is 0 Å². The summed E-state index contributed by atoms with van der Waals surface area (Å²) < 4.78 is 24.7. The van der Waals surface area contributed by atoms with Crippen molar-refractivity contribution in [3.63, 3.8) is 0 Å². The van der Waals surface area contributed by atoms with Gasteiger partial charge in [0.05, 0.1) is 37.6 Å². The number of hydrogen-bond donors (Lipinski definition) is 3. The first-order valence-corrected chi connectivity index (χ1v) is 18.5. The molecule has 9 heteroatoms. The average Bonchev–Trinajstić information content (AvgIpc) is 3.41. The van der Waals surface area contributed by atoms with E-state index in [1.807, 2.05) is 0 Å². The van der Waals surface area contributed by atoms with E-state index in [1.165, 1.54) is 6.42 Å². The Morgan fingerprint density at radius 1 is 1.06 bits per heavy atom. The fourth-order valence-electron chi connectivity index (χ4n) is 13.2. The molecule has 3 heterocycles. The zero-order chi connectivity index (χ0) is 33.5. The predicted octanol–water partition coefficient (Wildman–Crippen LogP) is 4.58. The second-order valence-corrected chi connectivity index (χ2v) is 18.4. The molecular formula is C38H58NO8. The first-order chi connectivity index (χ1) is 22.0. The minimum atomic E-state index is -1.31. The molecule has 3 radical (unpaired) electrons. The van der Waals surface area contributed by atoms with Gasteiger partial charge in [-0.05, 0) is 105 Å². The van der Waals surface area contributed by atoms with Crippen molar-refractivity contribution in [3.8, 4) is 0 Å². The molecule has 8 fully saturated rings. The topological polar surface area (TPSA) is 118 Å². The monoisotopic (exact) mass is 656 g/mol. The second kappa shape index (κ2) is 10.6. The average molecular weight is 657 g/mol. The highest BCUT2D eigenvalue weighted by atomic mass is 16.7. The van der Waals surface area contributed by atoms with Crippen molar-refractivity contribution < 1.29 is 39.1 Å². The van der Waals surface area contributed by atoms with Crippen LogP contribution < -0.4 is 0 Å². The summed E-state index contributed by atoms with van der Waals surface area (Å²) in [6.07, 6.45) is 8.11. The Morgan fingerprint density at radius 3 is 2.53 bits per heavy atom. The Balaban J connectivity index is 1.02. The maximum atomic E-state index is 12.4. The van der Waals surface area contributed by atoms with Gasteiger partial charge in [0.2, 0.25) is 0 Å². The molecule has 5 aliphatic carbocycles. The number of carbonyl (C=O) groups excluding carboxylic acids is 1. The lowest BCUT2D eigenvalue weighted by molar-refractivity contribution is -0.245. The van der Waals surface area contributed by atoms with Gasteiger partial charge in [0.15, 0.2) is 6.29 Å². The van der Waals surface area contributed by atoms with Gasteiger partial charge in [0.1, 0.15) is 24.4 Å². The van der Waals surface area contributed by atoms with Crippen LogP contribution in [0.2, 0.25) is 0 Å². The Bertz CT molecular complexity index is 1270. The number of rotatable bonds is 5. The number of hydrogen-bond acceptors (Lipinski definition) is 9. The molecule has 5 saturated carbocycles. The van der Waals surface area contributed by atoms with Crippen molar-refractivity contribution in [2.45, 2.75) is 142 Å². The van der Waals surface area contributed by atoms with Gasteiger partial charge in [0, 0.05) is 24.3 Å². The summed E-state index contributed by atoms with van der Waals surface area (Å²) in [6, 6.07) is -0.179. The molecule has 0 amide bonds. The van der Waals surface area contributed by atoms with Crippen LogP contribution in [0.5, 0.6) is 0 Å². The third kappa shape index (κ3) is 4.35. The standard InChI is InChI=1S/C38H58NO8/c1-21-18-23(30(40)34(4,5)43)46-29-28(21)35(6)13-14-38-20-37(38)12-10-26(33(2,3)24(37)8-9-25(38)36(35,7)31(29)41)47-27-19-39(15-17-44-27)22-11-16-45-32(22)42/h21-22,24,26-28,30-31,40-41,43H,8-20H2,1-7H3/t21-,22?,24+,26?,27+,28+,30+,31+,35-,36-,37-,38+/m1/s1. The van der Waals surface area contributed by atoms with Crippen LogP contribution in [0.3, 0.4) is 0 Å². The SMILES string of the molecule is C[C@@H]1C[C]([C@H](O)C(C)(C)O)O[C]2[C@H]1[C@@]1(C)CC[C@@]34C[C@@]35CCC(O[C@H]3CN(C6CCOC6=O)CCO3)C(C)(C)[C@@H]5CC[C]4[C@]1(C)[C@H]2O. The highest BCUT2D eigenvalue weighted by Crippen LogP contribution is 2.90. The van der Waals surface area contributed by atoms with Crippen molar-refractivity contribution in [1.29, 1.82) is 0 Å². The number of carbonyl (C=O) groups is 1. The van der Waals surface area contributed by atoms with Crippen molar-refractivity contribution in [2.75, 3.05) is 26.3 Å². The quantitative estimate of drug-likeness (QED) is 0.366. The molecule has 0 aromatic carbocycles. The Kier molecular flexibility index (Phi) is 7.53. The van der Waals surface area contributed by atoms with Gasteiger partial charge in [-0.3, -0.25) is 9.69 Å². The van der Waals surface area contributed by atoms with Gasteiger partial charge in [0.25, 0.3) is 0 Å². The lowest BCUT2D eigenvalue weighted by Gasteiger charge is -2.63. The third-order valence-electron chi connectivity index (χ3n) is 15.7. The molecule has 8 rings (SSSR count). The minimum Gasteiger partial charge on any atom is -0.464 e. The van der Waals surface area contributed by atoms with Crippen molar-refractivity contribution in [2.24, 2.45) is 44.8 Å². The van der Waals surface area contributed by atoms with Gasteiger partial charge < -0.3 is 34.3 Å². The molecule has 12 atom stereocenters. The van der Waals surface area contributed by atoms with E-state index in [0.29, 0.717) is 38.2 Å². The molecule has 2 unspecified atom stereocenters. The molecule has 3 saturated heterocycles.